The van der Waals surface area contributed by atoms with Crippen LogP contribution in [0.2, 0.25) is 0 Å². The van der Waals surface area contributed by atoms with Gasteiger partial charge in [0.15, 0.2) is 0 Å². The van der Waals surface area contributed by atoms with Crippen LogP contribution in [0.15, 0.2) is 0 Å². The molecule has 1 unspecified atom stereocenters. The number of ether oxygens (including phenoxy) is 2. The minimum Gasteiger partial charge on any atom is -0.434 e. The summed E-state index contributed by atoms with van der Waals surface area (Å²) in [4.78, 5) is 11.2. The van der Waals surface area contributed by atoms with Crippen molar-refractivity contribution in [3.05, 3.63) is 0 Å². The number of unbranched alkanes of at least 4 members (excludes halogenated alkanes) is 4. The van der Waals surface area contributed by atoms with Crippen molar-refractivity contribution in [3.63, 3.8) is 0 Å². The van der Waals surface area contributed by atoms with Crippen LogP contribution in [-0.4, -0.2) is 19.4 Å². The summed E-state index contributed by atoms with van der Waals surface area (Å²) in [5.74, 6) is 0.435. The maximum absolute atomic E-state index is 11.2. The van der Waals surface area contributed by atoms with E-state index in [1.807, 2.05) is 0 Å². The summed E-state index contributed by atoms with van der Waals surface area (Å²) in [6, 6.07) is 0. The SMILES string of the molecule is CCCCCOC(=O)OCC(C)CCCCC. The van der Waals surface area contributed by atoms with Gasteiger partial charge in [-0.15, -0.1) is 0 Å². The van der Waals surface area contributed by atoms with Gasteiger partial charge in [-0.05, 0) is 18.8 Å². The van der Waals surface area contributed by atoms with E-state index in [0.717, 1.165) is 25.7 Å². The predicted molar refractivity (Wildman–Crippen MR) is 70.1 cm³/mol. The fraction of sp³-hybridized carbons (Fsp3) is 0.929. The first kappa shape index (κ1) is 16.3. The van der Waals surface area contributed by atoms with Crippen molar-refractivity contribution in [2.75, 3.05) is 13.2 Å². The maximum Gasteiger partial charge on any atom is 0.508 e. The number of hydrogen-bond donors (Lipinski definition) is 0. The molecule has 0 fully saturated rings. The Morgan fingerprint density at radius 2 is 1.65 bits per heavy atom. The molecule has 0 aromatic heterocycles. The van der Waals surface area contributed by atoms with Gasteiger partial charge in [0.2, 0.25) is 0 Å². The van der Waals surface area contributed by atoms with Crippen molar-refractivity contribution in [2.45, 2.75) is 65.7 Å². The van der Waals surface area contributed by atoms with Gasteiger partial charge in [0.25, 0.3) is 0 Å². The Labute approximate surface area is 106 Å². The molecule has 0 saturated carbocycles. The fourth-order valence-electron chi connectivity index (χ4n) is 1.59. The van der Waals surface area contributed by atoms with Crippen LogP contribution < -0.4 is 0 Å². The van der Waals surface area contributed by atoms with Crippen LogP contribution in [0.4, 0.5) is 4.79 Å². The van der Waals surface area contributed by atoms with Gasteiger partial charge in [0.1, 0.15) is 0 Å². The van der Waals surface area contributed by atoms with Crippen molar-refractivity contribution < 1.29 is 14.3 Å². The maximum atomic E-state index is 11.2. The van der Waals surface area contributed by atoms with E-state index in [4.69, 9.17) is 9.47 Å². The molecule has 0 amide bonds. The zero-order valence-electron chi connectivity index (χ0n) is 11.7. The molecule has 0 heterocycles. The van der Waals surface area contributed by atoms with Crippen LogP contribution in [0.25, 0.3) is 0 Å². The Morgan fingerprint density at radius 1 is 1.00 bits per heavy atom. The van der Waals surface area contributed by atoms with E-state index in [1.165, 1.54) is 19.3 Å². The lowest BCUT2D eigenvalue weighted by Crippen LogP contribution is -2.14. The molecule has 0 aromatic rings. The summed E-state index contributed by atoms with van der Waals surface area (Å²) < 4.78 is 10.0. The topological polar surface area (TPSA) is 35.5 Å². The second kappa shape index (κ2) is 11.7. The molecule has 0 aliphatic rings. The van der Waals surface area contributed by atoms with Crippen molar-refractivity contribution in [1.82, 2.24) is 0 Å². The third-order valence-electron chi connectivity index (χ3n) is 2.75. The fourth-order valence-corrected chi connectivity index (χ4v) is 1.59. The normalized spacial score (nSPS) is 12.2. The van der Waals surface area contributed by atoms with E-state index in [9.17, 15) is 4.79 Å². The second-order valence-corrected chi connectivity index (χ2v) is 4.72. The molecule has 0 spiro atoms. The van der Waals surface area contributed by atoms with Crippen LogP contribution in [-0.2, 0) is 9.47 Å². The van der Waals surface area contributed by atoms with Gasteiger partial charge in [0.05, 0.1) is 13.2 Å². The molecule has 0 rings (SSSR count). The average Bonchev–Trinajstić information content (AvgIpc) is 2.32. The highest BCUT2D eigenvalue weighted by atomic mass is 16.7. The molecule has 0 aliphatic heterocycles. The standard InChI is InChI=1S/C14H28O3/c1-4-6-8-10-13(3)12-17-14(15)16-11-9-7-5-2/h13H,4-12H2,1-3H3. The Hall–Kier alpha value is -0.730. The molecule has 0 aliphatic carbocycles. The molecule has 0 aromatic carbocycles. The van der Waals surface area contributed by atoms with Crippen molar-refractivity contribution in [1.29, 1.82) is 0 Å². The quantitative estimate of drug-likeness (QED) is 0.418. The minimum atomic E-state index is -0.511. The Balaban J connectivity index is 3.36. The summed E-state index contributed by atoms with van der Waals surface area (Å²) in [6.07, 6.45) is 7.47. The predicted octanol–water partition coefficient (Wildman–Crippen LogP) is 4.55. The average molecular weight is 244 g/mol. The zero-order valence-corrected chi connectivity index (χ0v) is 11.7. The molecule has 17 heavy (non-hydrogen) atoms. The Kier molecular flexibility index (Phi) is 11.2. The molecule has 0 radical (unpaired) electrons. The minimum absolute atomic E-state index is 0.435. The van der Waals surface area contributed by atoms with E-state index in [1.54, 1.807) is 0 Å². The number of carbonyl (C=O) groups excluding carboxylic acids is 1. The van der Waals surface area contributed by atoms with Crippen LogP contribution in [0.3, 0.4) is 0 Å². The third kappa shape index (κ3) is 11.5. The highest BCUT2D eigenvalue weighted by Gasteiger charge is 2.07. The van der Waals surface area contributed by atoms with Crippen LogP contribution >= 0.6 is 0 Å². The molecule has 102 valence electrons. The molecule has 0 bridgehead atoms. The molecule has 1 atom stereocenters. The number of rotatable bonds is 10. The third-order valence-corrected chi connectivity index (χ3v) is 2.75. The first-order valence-corrected chi connectivity index (χ1v) is 7.00. The largest absolute Gasteiger partial charge is 0.508 e. The van der Waals surface area contributed by atoms with Crippen LogP contribution in [0, 0.1) is 5.92 Å². The lowest BCUT2D eigenvalue weighted by atomic mass is 10.0. The van der Waals surface area contributed by atoms with Crippen LogP contribution in [0.5, 0.6) is 0 Å². The monoisotopic (exact) mass is 244 g/mol. The summed E-state index contributed by atoms with van der Waals surface area (Å²) >= 11 is 0. The first-order chi connectivity index (χ1) is 8.20. The highest BCUT2D eigenvalue weighted by Crippen LogP contribution is 2.09. The number of hydrogen-bond acceptors (Lipinski definition) is 3. The number of carbonyl (C=O) groups is 1. The van der Waals surface area contributed by atoms with E-state index >= 15 is 0 Å². The van der Waals surface area contributed by atoms with E-state index in [2.05, 4.69) is 20.8 Å². The second-order valence-electron chi connectivity index (χ2n) is 4.72. The van der Waals surface area contributed by atoms with E-state index in [0.29, 0.717) is 19.1 Å². The van der Waals surface area contributed by atoms with Gasteiger partial charge in [0, 0.05) is 0 Å². The van der Waals surface area contributed by atoms with Gasteiger partial charge in [-0.2, -0.15) is 0 Å². The van der Waals surface area contributed by atoms with E-state index in [-0.39, 0.29) is 0 Å². The molecular weight excluding hydrogens is 216 g/mol. The van der Waals surface area contributed by atoms with Gasteiger partial charge in [-0.25, -0.2) is 4.79 Å². The lowest BCUT2D eigenvalue weighted by molar-refractivity contribution is 0.0439. The molecular formula is C14H28O3. The molecule has 0 saturated heterocycles. The summed E-state index contributed by atoms with van der Waals surface area (Å²) in [5, 5.41) is 0. The summed E-state index contributed by atoms with van der Waals surface area (Å²) in [5.41, 5.74) is 0. The van der Waals surface area contributed by atoms with Gasteiger partial charge in [-0.3, -0.25) is 0 Å². The van der Waals surface area contributed by atoms with Gasteiger partial charge < -0.3 is 9.47 Å². The Bertz CT molecular complexity index is 180. The molecule has 3 nitrogen and oxygen atoms in total. The van der Waals surface area contributed by atoms with Crippen LogP contribution in [0.1, 0.15) is 65.7 Å². The summed E-state index contributed by atoms with van der Waals surface area (Å²) in [7, 11) is 0. The van der Waals surface area contributed by atoms with Gasteiger partial charge >= 0.3 is 6.16 Å². The zero-order chi connectivity index (χ0) is 12.9. The smallest absolute Gasteiger partial charge is 0.434 e. The summed E-state index contributed by atoms with van der Waals surface area (Å²) in [6.45, 7) is 7.39. The lowest BCUT2D eigenvalue weighted by Gasteiger charge is -2.11. The van der Waals surface area contributed by atoms with Gasteiger partial charge in [-0.1, -0.05) is 52.9 Å². The van der Waals surface area contributed by atoms with Crippen molar-refractivity contribution in [2.24, 2.45) is 5.92 Å². The highest BCUT2D eigenvalue weighted by molar-refractivity contribution is 5.59. The van der Waals surface area contributed by atoms with Crippen molar-refractivity contribution in [3.8, 4) is 0 Å². The first-order valence-electron chi connectivity index (χ1n) is 7.00. The van der Waals surface area contributed by atoms with E-state index < -0.39 is 6.16 Å². The van der Waals surface area contributed by atoms with Crippen molar-refractivity contribution >= 4 is 6.16 Å². The molecule has 0 N–H and O–H groups in total. The Morgan fingerprint density at radius 3 is 2.29 bits per heavy atom. The molecule has 3 heteroatoms.